The Morgan fingerprint density at radius 3 is 1.49 bits per heavy atom. The summed E-state index contributed by atoms with van der Waals surface area (Å²) in [7, 11) is 0. The first-order valence-corrected chi connectivity index (χ1v) is 14.3. The summed E-state index contributed by atoms with van der Waals surface area (Å²) in [6.45, 7) is 25.5. The minimum Gasteiger partial charge on any atom is -0.778 e. The predicted octanol–water partition coefficient (Wildman–Crippen LogP) is 9.37. The summed E-state index contributed by atoms with van der Waals surface area (Å²) in [4.78, 5) is 22.7. The Hall–Kier alpha value is -3.20. The first-order chi connectivity index (χ1) is 19.1. The first kappa shape index (κ1) is 36.0. The molecule has 0 saturated carbocycles. The molecule has 9 heteroatoms. The zero-order chi connectivity index (χ0) is 33.5. The van der Waals surface area contributed by atoms with Crippen LogP contribution in [-0.2, 0) is 37.8 Å². The Labute approximate surface area is 258 Å². The molecule has 0 spiro atoms. The minimum atomic E-state index is -5.08. The van der Waals surface area contributed by atoms with Gasteiger partial charge in [-0.1, -0.05) is 41.5 Å². The summed E-state index contributed by atoms with van der Waals surface area (Å²) in [6, 6.07) is 4.04. The largest absolute Gasteiger partial charge is 0.778 e. The van der Waals surface area contributed by atoms with Crippen molar-refractivity contribution >= 4 is 30.5 Å². The van der Waals surface area contributed by atoms with Crippen LogP contribution in [0.15, 0.2) is 67.9 Å². The molecule has 0 amide bonds. The molecule has 1 aromatic heterocycles. The van der Waals surface area contributed by atoms with Gasteiger partial charge in [-0.2, -0.15) is 18.1 Å². The van der Waals surface area contributed by atoms with Crippen LogP contribution in [0.3, 0.4) is 0 Å². The van der Waals surface area contributed by atoms with Gasteiger partial charge in [0.05, 0.1) is 10.8 Å². The fourth-order valence-electron chi connectivity index (χ4n) is 3.72. The normalized spacial score (nSPS) is 17.4. The summed E-state index contributed by atoms with van der Waals surface area (Å²) >= 11 is 5.72. The number of ether oxygens (including phenoxy) is 1. The van der Waals surface area contributed by atoms with Crippen LogP contribution in [0.1, 0.15) is 100 Å². The number of aliphatic carboxylic acids is 1. The van der Waals surface area contributed by atoms with E-state index in [2.05, 4.69) is 83.1 Å². The number of ketones is 1. The number of carboxylic acid groups (broad SMARTS) is 1. The summed E-state index contributed by atoms with van der Waals surface area (Å²) < 4.78 is 44.2. The summed E-state index contributed by atoms with van der Waals surface area (Å²) in [6.07, 6.45) is 2.76. The Morgan fingerprint density at radius 1 is 0.791 bits per heavy atom. The lowest BCUT2D eigenvalue weighted by Crippen LogP contribution is -2.22. The second-order valence-corrected chi connectivity index (χ2v) is 15.2. The molecule has 2 heterocycles. The molecule has 1 aromatic rings. The van der Waals surface area contributed by atoms with Crippen molar-refractivity contribution in [2.75, 3.05) is 0 Å². The molecule has 0 radical (unpaired) electrons. The van der Waals surface area contributed by atoms with Gasteiger partial charge in [-0.3, -0.25) is 4.79 Å². The highest BCUT2D eigenvalue weighted by atomic mass is 32.1. The lowest BCUT2D eigenvalue weighted by atomic mass is 9.83. The van der Waals surface area contributed by atoms with Crippen molar-refractivity contribution in [2.24, 2.45) is 10.8 Å². The van der Waals surface area contributed by atoms with Crippen molar-refractivity contribution in [1.82, 2.24) is 0 Å². The van der Waals surface area contributed by atoms with E-state index in [0.717, 1.165) is 34.2 Å². The third-order valence-electron chi connectivity index (χ3n) is 6.43. The van der Waals surface area contributed by atoms with Gasteiger partial charge in [-0.05, 0) is 77.0 Å². The number of alkyl halides is 3. The number of hydrogen-bond acceptors (Lipinski definition) is 4. The molecule has 0 aromatic carbocycles. The van der Waals surface area contributed by atoms with E-state index in [9.17, 15) is 18.0 Å². The highest BCUT2D eigenvalue weighted by Gasteiger charge is 2.38. The number of rotatable bonds is 2. The van der Waals surface area contributed by atoms with E-state index < -0.39 is 12.1 Å². The van der Waals surface area contributed by atoms with Crippen LogP contribution in [0, 0.1) is 10.8 Å². The fraction of sp³-hybridized carbons (Fsp3) is 0.500. The van der Waals surface area contributed by atoms with Gasteiger partial charge in [-0.25, -0.2) is 9.21 Å². The number of allylic oxidation sites excluding steroid dienone is 8. The number of carbonyl (C=O) groups excluding carboxylic acids is 1. The first-order valence-electron chi connectivity index (χ1n) is 13.9. The molecule has 43 heavy (non-hydrogen) atoms. The fourth-order valence-corrected chi connectivity index (χ4v) is 4.02. The van der Waals surface area contributed by atoms with Gasteiger partial charge >= 0.3 is 23.7 Å². The van der Waals surface area contributed by atoms with Crippen LogP contribution in [-0.4, -0.2) is 23.0 Å². The second-order valence-electron chi connectivity index (χ2n) is 14.8. The summed E-state index contributed by atoms with van der Waals surface area (Å²) in [5, 5.41) is 7.12. The Kier molecular flexibility index (Phi) is 10.1. The van der Waals surface area contributed by atoms with E-state index in [1.165, 1.54) is 0 Å². The molecule has 5 nitrogen and oxygen atoms in total. The number of Topliss-reactive ketones (excluding diaryl/α,β-unsaturated/α-hetero) is 1. The van der Waals surface area contributed by atoms with E-state index >= 15 is 0 Å². The Balaban J connectivity index is 0.000000821. The van der Waals surface area contributed by atoms with Crippen molar-refractivity contribution in [1.29, 1.82) is 0 Å². The van der Waals surface area contributed by atoms with E-state index in [1.807, 2.05) is 36.4 Å². The molecular formula is C34H43F3O5S. The second kappa shape index (κ2) is 12.1. The van der Waals surface area contributed by atoms with Crippen LogP contribution >= 0.6 is 0 Å². The quantitative estimate of drug-likeness (QED) is 0.202. The van der Waals surface area contributed by atoms with Gasteiger partial charge in [0.15, 0.2) is 5.78 Å². The minimum absolute atomic E-state index is 0.0224. The smallest absolute Gasteiger partial charge is 0.490 e. The topological polar surface area (TPSA) is 74.9 Å². The Morgan fingerprint density at radius 2 is 1.19 bits per heavy atom. The number of halogens is 3. The molecule has 1 aliphatic carbocycles. The maximum absolute atomic E-state index is 13.2. The molecule has 2 aliphatic rings. The third kappa shape index (κ3) is 9.39. The van der Waals surface area contributed by atoms with Crippen LogP contribution in [0.5, 0.6) is 0 Å². The molecule has 236 valence electrons. The van der Waals surface area contributed by atoms with Gasteiger partial charge in [0.2, 0.25) is 0 Å². The Bertz CT molecular complexity index is 1380. The standard InChI is InChI=1S/C32H42O3S.C2HF3O2/c1-29(2,3)23-15-19(16-24(34-23)30(4,5)6)13-21-27(33)22(28(21)36)14-20-17-25(31(7,8)9)35-26(18-20)32(10,11)12;3-2(4,5)1(6)7/h13-18H,1-12H3;(H,6,7). The van der Waals surface area contributed by atoms with Crippen LogP contribution < -0.4 is 0 Å². The maximum Gasteiger partial charge on any atom is 0.490 e. The van der Waals surface area contributed by atoms with Crippen molar-refractivity contribution < 1.29 is 37.0 Å². The molecule has 1 N–H and O–H groups in total. The maximum atomic E-state index is 13.2. The molecular weight excluding hydrogens is 577 g/mol. The average Bonchev–Trinajstić information content (AvgIpc) is 2.83. The molecule has 0 saturated heterocycles. The van der Waals surface area contributed by atoms with Gasteiger partial charge in [-0.15, -0.1) is 0 Å². The molecule has 3 rings (SSSR count). The molecule has 0 bridgehead atoms. The molecule has 1 aliphatic heterocycles. The lowest BCUT2D eigenvalue weighted by Gasteiger charge is -2.33. The van der Waals surface area contributed by atoms with E-state index in [1.54, 1.807) is 0 Å². The van der Waals surface area contributed by atoms with Crippen LogP contribution in [0.25, 0.3) is 6.08 Å². The van der Waals surface area contributed by atoms with Gasteiger partial charge in [0, 0.05) is 34.1 Å². The van der Waals surface area contributed by atoms with E-state index in [4.69, 9.17) is 31.7 Å². The third-order valence-corrected chi connectivity index (χ3v) is 6.87. The lowest BCUT2D eigenvalue weighted by molar-refractivity contribution is -0.192. The van der Waals surface area contributed by atoms with E-state index in [0.29, 0.717) is 16.1 Å². The number of carbonyl (C=O) groups is 2. The summed E-state index contributed by atoms with van der Waals surface area (Å²) in [5.41, 5.74) is 2.41. The molecule has 0 fully saturated rings. The van der Waals surface area contributed by atoms with Crippen LogP contribution in [0.4, 0.5) is 13.2 Å². The van der Waals surface area contributed by atoms with Gasteiger partial charge in [0.25, 0.3) is 0 Å². The van der Waals surface area contributed by atoms with Crippen molar-refractivity contribution in [3.05, 3.63) is 80.6 Å². The van der Waals surface area contributed by atoms with E-state index in [-0.39, 0.29) is 27.4 Å². The highest BCUT2D eigenvalue weighted by Crippen LogP contribution is 2.41. The zero-order valence-corrected chi connectivity index (χ0v) is 27.9. The number of hydrogen-bond donors (Lipinski definition) is 1. The van der Waals surface area contributed by atoms with Gasteiger partial charge < -0.3 is 22.5 Å². The summed E-state index contributed by atoms with van der Waals surface area (Å²) in [5.74, 6) is 0.749. The predicted molar refractivity (Wildman–Crippen MR) is 166 cm³/mol. The van der Waals surface area contributed by atoms with Crippen molar-refractivity contribution in [3.8, 4) is 0 Å². The average molecular weight is 621 g/mol. The monoisotopic (exact) mass is 620 g/mol. The zero-order valence-electron chi connectivity index (χ0n) is 27.1. The van der Waals surface area contributed by atoms with Crippen molar-refractivity contribution in [2.45, 2.75) is 100 Å². The SMILES string of the molecule is CC(C)(C)C1=CC(=CC2=C([S-])/C(=C/c3cc(C(C)(C)C)[o+]c(C(C)(C)C)c3)C2=O)C=C(C(C)(C)C)O1.O=C(O)C(F)(F)F. The van der Waals surface area contributed by atoms with Crippen molar-refractivity contribution in [3.63, 3.8) is 0 Å². The molecule has 0 atom stereocenters. The number of carboxylic acids is 1. The van der Waals surface area contributed by atoms with Gasteiger partial charge in [0.1, 0.15) is 11.5 Å². The van der Waals surface area contributed by atoms with Crippen LogP contribution in [0.2, 0.25) is 0 Å². The highest BCUT2D eigenvalue weighted by molar-refractivity contribution is 7.64. The molecule has 0 unspecified atom stereocenters.